The number of aliphatic hydroxyl groups is 1. The van der Waals surface area contributed by atoms with Crippen molar-refractivity contribution in [3.05, 3.63) is 24.0 Å². The molecule has 3 N–H and O–H groups in total. The number of anilines is 1. The topological polar surface area (TPSA) is 64.1 Å². The van der Waals surface area contributed by atoms with Crippen molar-refractivity contribution in [3.63, 3.8) is 0 Å². The maximum atomic E-state index is 10.0. The van der Waals surface area contributed by atoms with Gasteiger partial charge in [-0.2, -0.15) is 11.8 Å². The summed E-state index contributed by atoms with van der Waals surface area (Å²) in [6.45, 7) is 4.96. The van der Waals surface area contributed by atoms with Gasteiger partial charge in [0.25, 0.3) is 0 Å². The van der Waals surface area contributed by atoms with Gasteiger partial charge in [0.05, 0.1) is 11.0 Å². The SMILES string of the molecule is CC(O)c1nc2cc(N)ccc2n1CC1(C)CCCS1. The Morgan fingerprint density at radius 1 is 1.55 bits per heavy atom. The zero-order valence-electron chi connectivity index (χ0n) is 12.0. The van der Waals surface area contributed by atoms with Gasteiger partial charge in [0.2, 0.25) is 0 Å². The number of thioether (sulfide) groups is 1. The Bertz CT molecular complexity index is 629. The molecule has 5 heteroatoms. The van der Waals surface area contributed by atoms with Crippen LogP contribution in [0.1, 0.15) is 38.6 Å². The number of nitrogens with zero attached hydrogens (tertiary/aromatic N) is 2. The number of nitrogen functional groups attached to an aromatic ring is 1. The number of fused-ring (bicyclic) bond motifs is 1. The third-order valence-electron chi connectivity index (χ3n) is 3.97. The molecule has 20 heavy (non-hydrogen) atoms. The molecule has 1 aliphatic heterocycles. The molecule has 2 unspecified atom stereocenters. The van der Waals surface area contributed by atoms with Crippen LogP contribution < -0.4 is 5.73 Å². The molecule has 0 bridgehead atoms. The normalized spacial score (nSPS) is 24.4. The molecule has 0 saturated carbocycles. The van der Waals surface area contributed by atoms with E-state index in [9.17, 15) is 5.11 Å². The van der Waals surface area contributed by atoms with Gasteiger partial charge in [0.1, 0.15) is 11.9 Å². The Morgan fingerprint density at radius 2 is 2.35 bits per heavy atom. The number of nitrogens with two attached hydrogens (primary N) is 1. The fourth-order valence-electron chi connectivity index (χ4n) is 2.95. The molecule has 108 valence electrons. The van der Waals surface area contributed by atoms with Crippen molar-refractivity contribution < 1.29 is 5.11 Å². The first-order valence-electron chi connectivity index (χ1n) is 7.06. The van der Waals surface area contributed by atoms with Crippen LogP contribution in [-0.2, 0) is 6.54 Å². The number of imidazole rings is 1. The zero-order chi connectivity index (χ0) is 14.3. The largest absolute Gasteiger partial charge is 0.399 e. The summed E-state index contributed by atoms with van der Waals surface area (Å²) < 4.78 is 2.40. The monoisotopic (exact) mass is 291 g/mol. The molecule has 1 saturated heterocycles. The maximum Gasteiger partial charge on any atom is 0.138 e. The number of aromatic nitrogens is 2. The van der Waals surface area contributed by atoms with Crippen LogP contribution in [0.3, 0.4) is 0 Å². The summed E-state index contributed by atoms with van der Waals surface area (Å²) in [5.74, 6) is 1.96. The Hall–Kier alpha value is -1.20. The number of benzene rings is 1. The van der Waals surface area contributed by atoms with Gasteiger partial charge in [0.15, 0.2) is 0 Å². The summed E-state index contributed by atoms with van der Waals surface area (Å²) in [4.78, 5) is 4.57. The molecule has 1 aromatic heterocycles. The molecule has 1 aliphatic rings. The Labute approximate surface area is 123 Å². The minimum absolute atomic E-state index is 0.235. The van der Waals surface area contributed by atoms with Crippen molar-refractivity contribution in [1.29, 1.82) is 0 Å². The summed E-state index contributed by atoms with van der Waals surface area (Å²) in [5.41, 5.74) is 8.47. The maximum absolute atomic E-state index is 10.0. The van der Waals surface area contributed by atoms with Crippen molar-refractivity contribution >= 4 is 28.5 Å². The van der Waals surface area contributed by atoms with E-state index in [0.717, 1.165) is 23.4 Å². The molecule has 1 fully saturated rings. The number of hydrogen-bond donors (Lipinski definition) is 2. The fraction of sp³-hybridized carbons (Fsp3) is 0.533. The highest BCUT2D eigenvalue weighted by atomic mass is 32.2. The number of hydrogen-bond acceptors (Lipinski definition) is 4. The van der Waals surface area contributed by atoms with Crippen LogP contribution in [0.2, 0.25) is 0 Å². The highest BCUT2D eigenvalue weighted by molar-refractivity contribution is 8.00. The molecule has 0 aliphatic carbocycles. The van der Waals surface area contributed by atoms with Crippen LogP contribution in [0.5, 0.6) is 0 Å². The van der Waals surface area contributed by atoms with E-state index in [1.54, 1.807) is 6.92 Å². The first-order valence-corrected chi connectivity index (χ1v) is 8.05. The van der Waals surface area contributed by atoms with Crippen LogP contribution in [0.25, 0.3) is 11.0 Å². The van der Waals surface area contributed by atoms with Crippen molar-refractivity contribution in [1.82, 2.24) is 9.55 Å². The van der Waals surface area contributed by atoms with E-state index < -0.39 is 6.10 Å². The third-order valence-corrected chi connectivity index (χ3v) is 5.49. The van der Waals surface area contributed by atoms with Crippen LogP contribution in [0, 0.1) is 0 Å². The third kappa shape index (κ3) is 2.40. The molecule has 0 spiro atoms. The molecular formula is C15H21N3OS. The predicted octanol–water partition coefficient (Wildman–Crippen LogP) is 2.96. The second-order valence-electron chi connectivity index (χ2n) is 5.88. The predicted molar refractivity (Wildman–Crippen MR) is 84.9 cm³/mol. The first-order chi connectivity index (χ1) is 9.48. The molecule has 0 amide bonds. The van der Waals surface area contributed by atoms with Crippen molar-refractivity contribution in [2.24, 2.45) is 0 Å². The Morgan fingerprint density at radius 3 is 3.00 bits per heavy atom. The van der Waals surface area contributed by atoms with E-state index in [-0.39, 0.29) is 4.75 Å². The van der Waals surface area contributed by atoms with Gasteiger partial charge in [-0.25, -0.2) is 4.98 Å². The second kappa shape index (κ2) is 4.97. The summed E-state index contributed by atoms with van der Waals surface area (Å²) in [6, 6.07) is 5.78. The number of aliphatic hydroxyl groups excluding tert-OH is 1. The Kier molecular flexibility index (Phi) is 3.42. The standard InChI is InChI=1S/C15H21N3OS/c1-10(19)14-17-12-8-11(16)4-5-13(12)18(14)9-15(2)6-3-7-20-15/h4-5,8,10,19H,3,6-7,9,16H2,1-2H3. The summed E-state index contributed by atoms with van der Waals surface area (Å²) >= 11 is 2.02. The summed E-state index contributed by atoms with van der Waals surface area (Å²) in [6.07, 6.45) is 1.91. The number of rotatable bonds is 3. The van der Waals surface area contributed by atoms with Gasteiger partial charge in [-0.3, -0.25) is 0 Å². The fourth-order valence-corrected chi connectivity index (χ4v) is 4.24. The second-order valence-corrected chi connectivity index (χ2v) is 7.56. The molecule has 2 atom stereocenters. The highest BCUT2D eigenvalue weighted by Crippen LogP contribution is 2.40. The average Bonchev–Trinajstić information content (AvgIpc) is 2.94. The lowest BCUT2D eigenvalue weighted by Gasteiger charge is -2.25. The highest BCUT2D eigenvalue weighted by Gasteiger charge is 2.31. The van der Waals surface area contributed by atoms with Gasteiger partial charge in [-0.05, 0) is 50.6 Å². The van der Waals surface area contributed by atoms with Gasteiger partial charge in [-0.1, -0.05) is 0 Å². The molecule has 0 radical (unpaired) electrons. The van der Waals surface area contributed by atoms with Crippen LogP contribution >= 0.6 is 11.8 Å². The van der Waals surface area contributed by atoms with E-state index in [4.69, 9.17) is 5.73 Å². The van der Waals surface area contributed by atoms with Gasteiger partial charge < -0.3 is 15.4 Å². The lowest BCUT2D eigenvalue weighted by atomic mass is 10.1. The van der Waals surface area contributed by atoms with E-state index in [1.165, 1.54) is 18.6 Å². The first kappa shape index (κ1) is 13.8. The van der Waals surface area contributed by atoms with Gasteiger partial charge >= 0.3 is 0 Å². The van der Waals surface area contributed by atoms with Crippen molar-refractivity contribution in [2.75, 3.05) is 11.5 Å². The molecule has 3 rings (SSSR count). The van der Waals surface area contributed by atoms with Crippen LogP contribution in [0.4, 0.5) is 5.69 Å². The minimum atomic E-state index is -0.571. The van der Waals surface area contributed by atoms with Gasteiger partial charge in [-0.15, -0.1) is 0 Å². The van der Waals surface area contributed by atoms with E-state index in [2.05, 4.69) is 16.5 Å². The molecule has 1 aromatic carbocycles. The quantitative estimate of drug-likeness (QED) is 0.853. The van der Waals surface area contributed by atoms with Crippen LogP contribution in [-0.4, -0.2) is 25.2 Å². The smallest absolute Gasteiger partial charge is 0.138 e. The van der Waals surface area contributed by atoms with E-state index in [0.29, 0.717) is 5.69 Å². The lowest BCUT2D eigenvalue weighted by Crippen LogP contribution is -2.25. The summed E-state index contributed by atoms with van der Waals surface area (Å²) in [5, 5.41) is 10.0. The van der Waals surface area contributed by atoms with Crippen LogP contribution in [0.15, 0.2) is 18.2 Å². The molecule has 2 heterocycles. The van der Waals surface area contributed by atoms with Crippen molar-refractivity contribution in [3.8, 4) is 0 Å². The zero-order valence-corrected chi connectivity index (χ0v) is 12.8. The molecule has 4 nitrogen and oxygen atoms in total. The minimum Gasteiger partial charge on any atom is -0.399 e. The van der Waals surface area contributed by atoms with E-state index in [1.807, 2.05) is 30.0 Å². The molecular weight excluding hydrogens is 270 g/mol. The van der Waals surface area contributed by atoms with Gasteiger partial charge in [0, 0.05) is 17.0 Å². The molecule has 2 aromatic rings. The lowest BCUT2D eigenvalue weighted by molar-refractivity contribution is 0.183. The average molecular weight is 291 g/mol. The Balaban J connectivity index is 2.09. The summed E-state index contributed by atoms with van der Waals surface area (Å²) in [7, 11) is 0. The van der Waals surface area contributed by atoms with Crippen molar-refractivity contribution in [2.45, 2.75) is 44.1 Å². The van der Waals surface area contributed by atoms with E-state index >= 15 is 0 Å².